The number of carbonyl (C=O) groups excluding carboxylic acids is 1. The highest BCUT2D eigenvalue weighted by Crippen LogP contribution is 2.33. The molecule has 0 aliphatic carbocycles. The molecule has 0 atom stereocenters. The minimum absolute atomic E-state index is 0.00534. The topological polar surface area (TPSA) is 38.0 Å². The van der Waals surface area contributed by atoms with Crippen molar-refractivity contribution in [2.75, 3.05) is 38.0 Å². The van der Waals surface area contributed by atoms with Crippen LogP contribution in [0, 0.1) is 0 Å². The molecule has 8 heteroatoms. The molecule has 0 saturated carbocycles. The second-order valence-corrected chi connectivity index (χ2v) is 7.49. The lowest BCUT2D eigenvalue weighted by atomic mass is 10.2. The molecule has 150 valence electrons. The number of nitrogens with one attached hydrogen (secondary N) is 3. The van der Waals surface area contributed by atoms with Crippen LogP contribution in [0.2, 0.25) is 5.02 Å². The van der Waals surface area contributed by atoms with Gasteiger partial charge in [0.05, 0.1) is 16.3 Å². The number of hydrogen-bond donors (Lipinski definition) is 3. The molecule has 3 N–H and O–H groups in total. The Hall–Kier alpha value is -2.09. The van der Waals surface area contributed by atoms with Gasteiger partial charge >= 0.3 is 6.18 Å². The number of anilines is 1. The Morgan fingerprint density at radius 1 is 1.00 bits per heavy atom. The van der Waals surface area contributed by atoms with E-state index in [4.69, 9.17) is 11.6 Å². The predicted octanol–water partition coefficient (Wildman–Crippen LogP) is 1.28. The molecule has 3 rings (SSSR count). The summed E-state index contributed by atoms with van der Waals surface area (Å²) in [6, 6.07) is 13.2. The molecule has 1 amide bonds. The SMILES string of the molecule is O=C(C[NH+]1CC[NH+](Cc2ccccc2)CC1)Nc1cc(C(F)(F)F)ccc1Cl. The third kappa shape index (κ3) is 5.70. The van der Waals surface area contributed by atoms with Gasteiger partial charge in [-0.15, -0.1) is 0 Å². The maximum absolute atomic E-state index is 12.8. The summed E-state index contributed by atoms with van der Waals surface area (Å²) in [5.41, 5.74) is 0.449. The molecule has 0 bridgehead atoms. The van der Waals surface area contributed by atoms with Crippen molar-refractivity contribution in [3.8, 4) is 0 Å². The van der Waals surface area contributed by atoms with E-state index in [1.807, 2.05) is 18.2 Å². The van der Waals surface area contributed by atoms with Crippen LogP contribution in [0.3, 0.4) is 0 Å². The van der Waals surface area contributed by atoms with Gasteiger partial charge in [0.25, 0.3) is 5.91 Å². The van der Waals surface area contributed by atoms with Crippen LogP contribution in [0.4, 0.5) is 18.9 Å². The zero-order valence-corrected chi connectivity index (χ0v) is 16.0. The van der Waals surface area contributed by atoms with Gasteiger partial charge < -0.3 is 15.1 Å². The summed E-state index contributed by atoms with van der Waals surface area (Å²) in [5.74, 6) is -0.331. The number of halogens is 4. The first kappa shape index (κ1) is 20.6. The molecule has 28 heavy (non-hydrogen) atoms. The molecule has 2 aromatic carbocycles. The van der Waals surface area contributed by atoms with Crippen molar-refractivity contribution < 1.29 is 27.8 Å². The first-order valence-corrected chi connectivity index (χ1v) is 9.57. The van der Waals surface area contributed by atoms with Crippen LogP contribution < -0.4 is 15.1 Å². The number of quaternary nitrogens is 2. The maximum Gasteiger partial charge on any atom is 0.416 e. The van der Waals surface area contributed by atoms with E-state index >= 15 is 0 Å². The summed E-state index contributed by atoms with van der Waals surface area (Å²) in [6.45, 7) is 4.74. The van der Waals surface area contributed by atoms with Crippen LogP contribution in [-0.4, -0.2) is 38.6 Å². The van der Waals surface area contributed by atoms with Crippen LogP contribution >= 0.6 is 11.6 Å². The van der Waals surface area contributed by atoms with Crippen molar-refractivity contribution in [1.82, 2.24) is 0 Å². The van der Waals surface area contributed by atoms with Crippen LogP contribution in [0.1, 0.15) is 11.1 Å². The normalized spacial score (nSPS) is 20.0. The standard InChI is InChI=1S/C20H21ClF3N3O/c21-17-7-6-16(20(22,23)24)12-18(17)25-19(28)14-27-10-8-26(9-11-27)13-15-4-2-1-3-5-15/h1-7,12H,8-11,13-14H2,(H,25,28)/p+2. The molecular weight excluding hydrogens is 391 g/mol. The van der Waals surface area contributed by atoms with Gasteiger partial charge in [-0.25, -0.2) is 0 Å². The fourth-order valence-electron chi connectivity index (χ4n) is 3.41. The molecule has 0 spiro atoms. The molecule has 1 aliphatic heterocycles. The highest BCUT2D eigenvalue weighted by atomic mass is 35.5. The van der Waals surface area contributed by atoms with E-state index in [0.29, 0.717) is 0 Å². The summed E-state index contributed by atoms with van der Waals surface area (Å²) >= 11 is 5.94. The van der Waals surface area contributed by atoms with Gasteiger partial charge in [0.1, 0.15) is 32.7 Å². The molecular formula is C20H23ClF3N3O+2. The lowest BCUT2D eigenvalue weighted by molar-refractivity contribution is -1.02. The van der Waals surface area contributed by atoms with Crippen LogP contribution in [0.25, 0.3) is 0 Å². The van der Waals surface area contributed by atoms with Gasteiger partial charge in [-0.05, 0) is 18.2 Å². The average Bonchev–Trinajstić information content (AvgIpc) is 2.65. The Labute approximate surface area is 166 Å². The minimum Gasteiger partial charge on any atom is -0.322 e. The number of carbonyl (C=O) groups is 1. The number of alkyl halides is 3. The second-order valence-electron chi connectivity index (χ2n) is 7.08. The summed E-state index contributed by atoms with van der Waals surface area (Å²) in [6.07, 6.45) is -4.48. The molecule has 0 unspecified atom stereocenters. The van der Waals surface area contributed by atoms with Crippen molar-refractivity contribution in [2.45, 2.75) is 12.7 Å². The van der Waals surface area contributed by atoms with Crippen LogP contribution in [0.15, 0.2) is 48.5 Å². The van der Waals surface area contributed by atoms with Crippen LogP contribution in [0.5, 0.6) is 0 Å². The van der Waals surface area contributed by atoms with Gasteiger partial charge in [-0.2, -0.15) is 13.2 Å². The summed E-state index contributed by atoms with van der Waals surface area (Å²) in [4.78, 5) is 14.9. The molecule has 1 saturated heterocycles. The second kappa shape index (κ2) is 8.94. The zero-order valence-electron chi connectivity index (χ0n) is 15.3. The summed E-state index contributed by atoms with van der Waals surface area (Å²) in [5, 5.41) is 2.61. The molecule has 1 aliphatic rings. The van der Waals surface area contributed by atoms with E-state index in [1.165, 1.54) is 10.5 Å². The van der Waals surface area contributed by atoms with Crippen molar-refractivity contribution >= 4 is 23.2 Å². The number of benzene rings is 2. The Balaban J connectivity index is 1.50. The van der Waals surface area contributed by atoms with Gasteiger partial charge in [0.2, 0.25) is 0 Å². The van der Waals surface area contributed by atoms with Crippen molar-refractivity contribution in [2.24, 2.45) is 0 Å². The molecule has 1 heterocycles. The Bertz CT molecular complexity index is 806. The smallest absolute Gasteiger partial charge is 0.322 e. The first-order valence-electron chi connectivity index (χ1n) is 9.19. The van der Waals surface area contributed by atoms with E-state index in [1.54, 1.807) is 0 Å². The highest BCUT2D eigenvalue weighted by Gasteiger charge is 2.31. The number of hydrogen-bond acceptors (Lipinski definition) is 1. The van der Waals surface area contributed by atoms with E-state index in [9.17, 15) is 18.0 Å². The van der Waals surface area contributed by atoms with Crippen molar-refractivity contribution in [3.63, 3.8) is 0 Å². The average molecular weight is 414 g/mol. The largest absolute Gasteiger partial charge is 0.416 e. The fraction of sp³-hybridized carbons (Fsp3) is 0.350. The maximum atomic E-state index is 12.8. The van der Waals surface area contributed by atoms with Crippen molar-refractivity contribution in [3.05, 3.63) is 64.7 Å². The summed E-state index contributed by atoms with van der Waals surface area (Å²) < 4.78 is 38.5. The fourth-order valence-corrected chi connectivity index (χ4v) is 3.58. The van der Waals surface area contributed by atoms with E-state index in [2.05, 4.69) is 17.4 Å². The predicted molar refractivity (Wildman–Crippen MR) is 101 cm³/mol. The number of amides is 1. The zero-order chi connectivity index (χ0) is 20.1. The lowest BCUT2D eigenvalue weighted by Crippen LogP contribution is -3.28. The Morgan fingerprint density at radius 2 is 1.64 bits per heavy atom. The molecule has 1 fully saturated rings. The lowest BCUT2D eigenvalue weighted by Gasteiger charge is -2.29. The van der Waals surface area contributed by atoms with Crippen LogP contribution in [-0.2, 0) is 17.5 Å². The van der Waals surface area contributed by atoms with Gasteiger partial charge in [0, 0.05) is 5.56 Å². The third-order valence-corrected chi connectivity index (χ3v) is 5.27. The third-order valence-electron chi connectivity index (χ3n) is 4.94. The highest BCUT2D eigenvalue weighted by molar-refractivity contribution is 6.33. The van der Waals surface area contributed by atoms with Crippen molar-refractivity contribution in [1.29, 1.82) is 0 Å². The Kier molecular flexibility index (Phi) is 6.59. The molecule has 0 radical (unpaired) electrons. The molecule has 0 aromatic heterocycles. The van der Waals surface area contributed by atoms with Gasteiger partial charge in [-0.3, -0.25) is 4.79 Å². The van der Waals surface area contributed by atoms with Gasteiger partial charge in [0.15, 0.2) is 6.54 Å². The minimum atomic E-state index is -4.48. The summed E-state index contributed by atoms with van der Waals surface area (Å²) in [7, 11) is 0. The first-order chi connectivity index (χ1) is 13.3. The number of rotatable bonds is 5. The van der Waals surface area contributed by atoms with Gasteiger partial charge in [-0.1, -0.05) is 41.9 Å². The molecule has 4 nitrogen and oxygen atoms in total. The number of piperazine rings is 1. The van der Waals surface area contributed by atoms with E-state index < -0.39 is 11.7 Å². The molecule has 2 aromatic rings. The van der Waals surface area contributed by atoms with E-state index in [0.717, 1.165) is 55.8 Å². The Morgan fingerprint density at radius 3 is 2.29 bits per heavy atom. The quantitative estimate of drug-likeness (QED) is 0.679. The monoisotopic (exact) mass is 413 g/mol. The van der Waals surface area contributed by atoms with E-state index in [-0.39, 0.29) is 23.2 Å².